The minimum Gasteiger partial charge on any atom is -0.356 e. The van der Waals surface area contributed by atoms with E-state index in [1.807, 2.05) is 0 Å². The van der Waals surface area contributed by atoms with Crippen LogP contribution in [0.2, 0.25) is 0 Å². The summed E-state index contributed by atoms with van der Waals surface area (Å²) in [6, 6.07) is 0. The second-order valence-corrected chi connectivity index (χ2v) is 5.45. The van der Waals surface area contributed by atoms with Crippen molar-refractivity contribution in [3.8, 4) is 0 Å². The molecule has 1 aliphatic carbocycles. The zero-order chi connectivity index (χ0) is 12.9. The van der Waals surface area contributed by atoms with E-state index < -0.39 is 23.9 Å². The van der Waals surface area contributed by atoms with Gasteiger partial charge in [0.1, 0.15) is 0 Å². The van der Waals surface area contributed by atoms with E-state index in [9.17, 15) is 18.0 Å². The van der Waals surface area contributed by atoms with Crippen LogP contribution in [0.1, 0.15) is 32.1 Å². The molecule has 0 spiro atoms. The monoisotopic (exact) mass is 363 g/mol. The van der Waals surface area contributed by atoms with E-state index in [0.717, 1.165) is 17.3 Å². The van der Waals surface area contributed by atoms with Crippen LogP contribution in [0.25, 0.3) is 0 Å². The smallest absolute Gasteiger partial charge is 0.356 e. The predicted molar refractivity (Wildman–Crippen MR) is 68.0 cm³/mol. The Morgan fingerprint density at radius 3 is 2.53 bits per heavy atom. The van der Waals surface area contributed by atoms with E-state index in [2.05, 4.69) is 27.9 Å². The van der Waals surface area contributed by atoms with Gasteiger partial charge >= 0.3 is 6.18 Å². The molecule has 2 atom stereocenters. The molecule has 1 amide bonds. The van der Waals surface area contributed by atoms with Crippen LogP contribution in [0.15, 0.2) is 0 Å². The molecule has 1 rings (SSSR count). The van der Waals surface area contributed by atoms with Crippen LogP contribution in [0.5, 0.6) is 0 Å². The highest BCUT2D eigenvalue weighted by Crippen LogP contribution is 2.41. The lowest BCUT2D eigenvalue weighted by molar-refractivity contribution is -0.198. The van der Waals surface area contributed by atoms with Crippen molar-refractivity contribution in [2.75, 3.05) is 11.0 Å². The molecular weight excluding hydrogens is 346 g/mol. The molecule has 17 heavy (non-hydrogen) atoms. The summed E-state index contributed by atoms with van der Waals surface area (Å²) >= 11 is 2.17. The fraction of sp³-hybridized carbons (Fsp3) is 0.909. The van der Waals surface area contributed by atoms with Crippen molar-refractivity contribution in [2.45, 2.75) is 38.3 Å². The minimum atomic E-state index is -4.24. The first-order valence-electron chi connectivity index (χ1n) is 5.87. The van der Waals surface area contributed by atoms with Gasteiger partial charge in [0.05, 0.1) is 5.92 Å². The summed E-state index contributed by atoms with van der Waals surface area (Å²) in [5.41, 5.74) is 0. The number of rotatable bonds is 4. The molecular formula is C11H17F3INO. The number of hydrogen-bond donors (Lipinski definition) is 1. The zero-order valence-corrected chi connectivity index (χ0v) is 11.7. The summed E-state index contributed by atoms with van der Waals surface area (Å²) in [6.07, 6.45) is -1.70. The maximum absolute atomic E-state index is 12.8. The number of carbonyl (C=O) groups is 1. The molecule has 6 heteroatoms. The predicted octanol–water partition coefficient (Wildman–Crippen LogP) is 3.30. The second kappa shape index (κ2) is 6.80. The summed E-state index contributed by atoms with van der Waals surface area (Å²) < 4.78 is 39.2. The largest absolute Gasteiger partial charge is 0.392 e. The Labute approximate surface area is 113 Å². The summed E-state index contributed by atoms with van der Waals surface area (Å²) in [5, 5.41) is 2.61. The summed E-state index contributed by atoms with van der Waals surface area (Å²) in [5.74, 6) is -2.74. The van der Waals surface area contributed by atoms with Gasteiger partial charge in [0.25, 0.3) is 0 Å². The van der Waals surface area contributed by atoms with Crippen LogP contribution >= 0.6 is 22.6 Å². The van der Waals surface area contributed by atoms with Gasteiger partial charge in [-0.3, -0.25) is 4.79 Å². The van der Waals surface area contributed by atoms with E-state index in [0.29, 0.717) is 19.4 Å². The molecule has 1 N–H and O–H groups in total. The Morgan fingerprint density at radius 1 is 1.29 bits per heavy atom. The molecule has 0 heterocycles. The fourth-order valence-corrected chi connectivity index (χ4v) is 2.63. The first-order valence-corrected chi connectivity index (χ1v) is 7.39. The van der Waals surface area contributed by atoms with E-state index in [-0.39, 0.29) is 6.42 Å². The van der Waals surface area contributed by atoms with Crippen molar-refractivity contribution in [1.29, 1.82) is 0 Å². The third-order valence-corrected chi connectivity index (χ3v) is 3.90. The van der Waals surface area contributed by atoms with Crippen LogP contribution in [0, 0.1) is 11.8 Å². The van der Waals surface area contributed by atoms with Crippen molar-refractivity contribution in [3.63, 3.8) is 0 Å². The third kappa shape index (κ3) is 4.63. The Hall–Kier alpha value is -0.0100. The lowest BCUT2D eigenvalue weighted by Crippen LogP contribution is -2.42. The highest BCUT2D eigenvalue weighted by Gasteiger charge is 2.47. The van der Waals surface area contributed by atoms with Crippen molar-refractivity contribution in [3.05, 3.63) is 0 Å². The zero-order valence-electron chi connectivity index (χ0n) is 9.52. The van der Waals surface area contributed by atoms with E-state index in [1.165, 1.54) is 0 Å². The lowest BCUT2D eigenvalue weighted by atomic mass is 9.78. The van der Waals surface area contributed by atoms with Gasteiger partial charge in [0.15, 0.2) is 0 Å². The second-order valence-electron chi connectivity index (χ2n) is 4.37. The van der Waals surface area contributed by atoms with Gasteiger partial charge in [-0.05, 0) is 19.3 Å². The molecule has 100 valence electrons. The average Bonchev–Trinajstić information content (AvgIpc) is 2.28. The highest BCUT2D eigenvalue weighted by atomic mass is 127. The quantitative estimate of drug-likeness (QED) is 0.464. The fourth-order valence-electron chi connectivity index (χ4n) is 2.25. The van der Waals surface area contributed by atoms with Gasteiger partial charge in [-0.15, -0.1) is 0 Å². The number of hydrogen-bond acceptors (Lipinski definition) is 1. The Kier molecular flexibility index (Phi) is 6.02. The van der Waals surface area contributed by atoms with Crippen LogP contribution in [0.4, 0.5) is 13.2 Å². The van der Waals surface area contributed by atoms with Gasteiger partial charge in [0, 0.05) is 16.9 Å². The molecule has 0 bridgehead atoms. The number of alkyl halides is 4. The molecule has 0 saturated heterocycles. The summed E-state index contributed by atoms with van der Waals surface area (Å²) in [4.78, 5) is 11.7. The Balaban J connectivity index is 2.55. The lowest BCUT2D eigenvalue weighted by Gasteiger charge is -2.31. The van der Waals surface area contributed by atoms with Gasteiger partial charge in [-0.1, -0.05) is 35.4 Å². The molecule has 0 aromatic heterocycles. The summed E-state index contributed by atoms with van der Waals surface area (Å²) in [6.45, 7) is 0.475. The van der Waals surface area contributed by atoms with Gasteiger partial charge in [-0.25, -0.2) is 0 Å². The van der Waals surface area contributed by atoms with Crippen molar-refractivity contribution in [2.24, 2.45) is 11.8 Å². The van der Waals surface area contributed by atoms with Crippen molar-refractivity contribution >= 4 is 28.5 Å². The molecule has 2 nitrogen and oxygen atoms in total. The van der Waals surface area contributed by atoms with Crippen LogP contribution in [-0.4, -0.2) is 23.1 Å². The van der Waals surface area contributed by atoms with E-state index in [1.54, 1.807) is 0 Å². The van der Waals surface area contributed by atoms with Crippen molar-refractivity contribution in [1.82, 2.24) is 5.32 Å². The molecule has 0 aromatic rings. The van der Waals surface area contributed by atoms with E-state index >= 15 is 0 Å². The van der Waals surface area contributed by atoms with Gasteiger partial charge in [-0.2, -0.15) is 13.2 Å². The van der Waals surface area contributed by atoms with Crippen LogP contribution in [-0.2, 0) is 4.79 Å². The molecule has 1 fully saturated rings. The van der Waals surface area contributed by atoms with Crippen LogP contribution < -0.4 is 5.32 Å². The Morgan fingerprint density at radius 2 is 1.94 bits per heavy atom. The number of amides is 1. The number of halogens is 4. The summed E-state index contributed by atoms with van der Waals surface area (Å²) in [7, 11) is 0. The maximum atomic E-state index is 12.8. The highest BCUT2D eigenvalue weighted by molar-refractivity contribution is 14.1. The maximum Gasteiger partial charge on any atom is 0.392 e. The molecule has 2 unspecified atom stereocenters. The minimum absolute atomic E-state index is 0.0911. The third-order valence-electron chi connectivity index (χ3n) is 3.13. The van der Waals surface area contributed by atoms with Crippen LogP contribution in [0.3, 0.4) is 0 Å². The van der Waals surface area contributed by atoms with Gasteiger partial charge < -0.3 is 5.32 Å². The normalized spacial score (nSPS) is 25.6. The average molecular weight is 363 g/mol. The topological polar surface area (TPSA) is 29.1 Å². The first kappa shape index (κ1) is 15.0. The van der Waals surface area contributed by atoms with E-state index in [4.69, 9.17) is 0 Å². The number of carbonyl (C=O) groups excluding carboxylic acids is 1. The van der Waals surface area contributed by atoms with Gasteiger partial charge in [0.2, 0.25) is 5.91 Å². The standard InChI is InChI=1S/C11H17F3INO/c12-11(13,14)9-5-2-1-4-8(9)10(17)16-7-3-6-15/h8-9H,1-7H2,(H,16,17). The molecule has 1 saturated carbocycles. The first-order chi connectivity index (χ1) is 7.96. The molecule has 0 aliphatic heterocycles. The number of nitrogens with one attached hydrogen (secondary N) is 1. The Bertz CT molecular complexity index is 258. The van der Waals surface area contributed by atoms with Crippen molar-refractivity contribution < 1.29 is 18.0 Å². The molecule has 0 radical (unpaired) electrons. The molecule has 0 aromatic carbocycles. The molecule has 1 aliphatic rings. The SMILES string of the molecule is O=C(NCCCI)C1CCCCC1C(F)(F)F.